The van der Waals surface area contributed by atoms with Crippen molar-refractivity contribution in [2.45, 2.75) is 20.5 Å². The number of nitrogens with zero attached hydrogens (tertiary/aromatic N) is 2. The molecule has 0 spiro atoms. The SMILES string of the molecule is Cc1cc(F)cc(-c2nc(C)cc(CO)n2)c1. The molecule has 3 nitrogen and oxygen atoms in total. The van der Waals surface area contributed by atoms with E-state index in [-0.39, 0.29) is 12.4 Å². The molecule has 4 heteroatoms. The molecule has 2 rings (SSSR count). The molecule has 17 heavy (non-hydrogen) atoms. The van der Waals surface area contributed by atoms with Gasteiger partial charge in [-0.1, -0.05) is 0 Å². The number of aliphatic hydroxyl groups is 1. The minimum absolute atomic E-state index is 0.148. The molecule has 0 unspecified atom stereocenters. The minimum Gasteiger partial charge on any atom is -0.390 e. The first-order chi connectivity index (χ1) is 8.08. The number of aryl methyl sites for hydroxylation is 2. The molecule has 0 aliphatic rings. The van der Waals surface area contributed by atoms with Crippen LogP contribution in [0.3, 0.4) is 0 Å². The molecular weight excluding hydrogens is 219 g/mol. The summed E-state index contributed by atoms with van der Waals surface area (Å²) in [5.41, 5.74) is 2.73. The van der Waals surface area contributed by atoms with Crippen LogP contribution in [0.25, 0.3) is 11.4 Å². The maximum atomic E-state index is 13.3. The van der Waals surface area contributed by atoms with Gasteiger partial charge >= 0.3 is 0 Å². The van der Waals surface area contributed by atoms with E-state index in [1.165, 1.54) is 12.1 Å². The zero-order valence-corrected chi connectivity index (χ0v) is 9.74. The molecule has 0 saturated heterocycles. The largest absolute Gasteiger partial charge is 0.390 e. The summed E-state index contributed by atoms with van der Waals surface area (Å²) in [7, 11) is 0. The van der Waals surface area contributed by atoms with E-state index in [1.807, 2.05) is 19.9 Å². The molecule has 0 aliphatic heterocycles. The summed E-state index contributed by atoms with van der Waals surface area (Å²) in [6.45, 7) is 3.48. The lowest BCUT2D eigenvalue weighted by molar-refractivity contribution is 0.276. The van der Waals surface area contributed by atoms with Crippen LogP contribution in [0.1, 0.15) is 17.0 Å². The van der Waals surface area contributed by atoms with Crippen molar-refractivity contribution in [2.24, 2.45) is 0 Å². The predicted molar refractivity (Wildman–Crippen MR) is 62.8 cm³/mol. The molecule has 1 aromatic carbocycles. The molecule has 2 aromatic rings. The van der Waals surface area contributed by atoms with Crippen molar-refractivity contribution < 1.29 is 9.50 Å². The normalized spacial score (nSPS) is 10.6. The van der Waals surface area contributed by atoms with Crippen LogP contribution in [0.2, 0.25) is 0 Å². The van der Waals surface area contributed by atoms with E-state index < -0.39 is 0 Å². The quantitative estimate of drug-likeness (QED) is 0.864. The Bertz CT molecular complexity index is 535. The molecule has 0 radical (unpaired) electrons. The van der Waals surface area contributed by atoms with Crippen molar-refractivity contribution in [1.29, 1.82) is 0 Å². The van der Waals surface area contributed by atoms with Crippen LogP contribution in [0.15, 0.2) is 24.3 Å². The average molecular weight is 232 g/mol. The van der Waals surface area contributed by atoms with Gasteiger partial charge in [-0.3, -0.25) is 0 Å². The number of aromatic nitrogens is 2. The fourth-order valence-corrected chi connectivity index (χ4v) is 1.71. The fraction of sp³-hybridized carbons (Fsp3) is 0.231. The Hall–Kier alpha value is -1.81. The lowest BCUT2D eigenvalue weighted by Gasteiger charge is -2.05. The molecule has 1 heterocycles. The van der Waals surface area contributed by atoms with E-state index in [2.05, 4.69) is 9.97 Å². The second-order valence-electron chi connectivity index (χ2n) is 4.00. The van der Waals surface area contributed by atoms with E-state index in [1.54, 1.807) is 6.07 Å². The zero-order valence-electron chi connectivity index (χ0n) is 9.74. The Balaban J connectivity index is 2.55. The zero-order chi connectivity index (χ0) is 12.4. The smallest absolute Gasteiger partial charge is 0.159 e. The van der Waals surface area contributed by atoms with Crippen molar-refractivity contribution in [3.63, 3.8) is 0 Å². The second-order valence-corrected chi connectivity index (χ2v) is 4.00. The van der Waals surface area contributed by atoms with Gasteiger partial charge in [0.15, 0.2) is 5.82 Å². The highest BCUT2D eigenvalue weighted by Crippen LogP contribution is 2.19. The van der Waals surface area contributed by atoms with Gasteiger partial charge in [-0.2, -0.15) is 0 Å². The van der Waals surface area contributed by atoms with Crippen LogP contribution < -0.4 is 0 Å². The third kappa shape index (κ3) is 2.65. The van der Waals surface area contributed by atoms with Gasteiger partial charge in [0.05, 0.1) is 12.3 Å². The number of benzene rings is 1. The van der Waals surface area contributed by atoms with Gasteiger partial charge in [0.1, 0.15) is 5.82 Å². The molecule has 0 saturated carbocycles. The molecular formula is C13H13FN2O. The van der Waals surface area contributed by atoms with Gasteiger partial charge < -0.3 is 5.11 Å². The van der Waals surface area contributed by atoms with Gasteiger partial charge in [-0.15, -0.1) is 0 Å². The van der Waals surface area contributed by atoms with Gasteiger partial charge in [0.25, 0.3) is 0 Å². The maximum Gasteiger partial charge on any atom is 0.159 e. The van der Waals surface area contributed by atoms with Crippen molar-refractivity contribution in [2.75, 3.05) is 0 Å². The highest BCUT2D eigenvalue weighted by atomic mass is 19.1. The summed E-state index contributed by atoms with van der Waals surface area (Å²) in [6, 6.07) is 6.36. The number of hydrogen-bond acceptors (Lipinski definition) is 3. The van der Waals surface area contributed by atoms with Crippen molar-refractivity contribution in [3.8, 4) is 11.4 Å². The average Bonchev–Trinajstić information content (AvgIpc) is 2.26. The Morgan fingerprint density at radius 3 is 2.53 bits per heavy atom. The van der Waals surface area contributed by atoms with E-state index in [4.69, 9.17) is 5.11 Å². The Kier molecular flexibility index (Phi) is 3.15. The summed E-state index contributed by atoms with van der Waals surface area (Å²) in [4.78, 5) is 8.42. The molecule has 1 aromatic heterocycles. The first-order valence-corrected chi connectivity index (χ1v) is 5.31. The summed E-state index contributed by atoms with van der Waals surface area (Å²) in [5.74, 6) is 0.132. The van der Waals surface area contributed by atoms with Crippen LogP contribution in [0, 0.1) is 19.7 Å². The molecule has 0 fully saturated rings. The summed E-state index contributed by atoms with van der Waals surface area (Å²) in [5, 5.41) is 9.08. The molecule has 0 atom stereocenters. The molecule has 1 N–H and O–H groups in total. The summed E-state index contributed by atoms with van der Waals surface area (Å²) < 4.78 is 13.3. The Morgan fingerprint density at radius 1 is 1.12 bits per heavy atom. The van der Waals surface area contributed by atoms with Crippen LogP contribution in [-0.4, -0.2) is 15.1 Å². The lowest BCUT2D eigenvalue weighted by Crippen LogP contribution is -1.98. The van der Waals surface area contributed by atoms with Crippen LogP contribution in [0.5, 0.6) is 0 Å². The van der Waals surface area contributed by atoms with Crippen molar-refractivity contribution in [3.05, 3.63) is 47.0 Å². The van der Waals surface area contributed by atoms with Gasteiger partial charge in [0, 0.05) is 11.3 Å². The highest BCUT2D eigenvalue weighted by molar-refractivity contribution is 5.56. The first kappa shape index (κ1) is 11.7. The summed E-state index contributed by atoms with van der Waals surface area (Å²) >= 11 is 0. The summed E-state index contributed by atoms with van der Waals surface area (Å²) in [6.07, 6.45) is 0. The van der Waals surface area contributed by atoms with Crippen molar-refractivity contribution in [1.82, 2.24) is 9.97 Å². The highest BCUT2D eigenvalue weighted by Gasteiger charge is 2.06. The van der Waals surface area contributed by atoms with E-state index in [9.17, 15) is 4.39 Å². The predicted octanol–water partition coefficient (Wildman–Crippen LogP) is 2.39. The number of rotatable bonds is 2. The van der Waals surface area contributed by atoms with Gasteiger partial charge in [0.2, 0.25) is 0 Å². The second kappa shape index (κ2) is 4.59. The van der Waals surface area contributed by atoms with Crippen LogP contribution in [0.4, 0.5) is 4.39 Å². The monoisotopic (exact) mass is 232 g/mol. The Morgan fingerprint density at radius 2 is 1.88 bits per heavy atom. The molecule has 88 valence electrons. The molecule has 0 amide bonds. The number of hydrogen-bond donors (Lipinski definition) is 1. The van der Waals surface area contributed by atoms with Gasteiger partial charge in [-0.05, 0) is 43.7 Å². The third-order valence-corrected chi connectivity index (χ3v) is 2.37. The molecule has 0 aliphatic carbocycles. The number of halogens is 1. The standard InChI is InChI=1S/C13H13FN2O/c1-8-3-10(6-11(14)4-8)13-15-9(2)5-12(7-17)16-13/h3-6,17H,7H2,1-2H3. The topological polar surface area (TPSA) is 46.0 Å². The van der Waals surface area contributed by atoms with Crippen molar-refractivity contribution >= 4 is 0 Å². The maximum absolute atomic E-state index is 13.3. The lowest BCUT2D eigenvalue weighted by atomic mass is 10.1. The van der Waals surface area contributed by atoms with Crippen LogP contribution >= 0.6 is 0 Å². The molecule has 0 bridgehead atoms. The Labute approximate surface area is 99.0 Å². The van der Waals surface area contributed by atoms with E-state index in [0.717, 1.165) is 11.3 Å². The number of aliphatic hydroxyl groups excluding tert-OH is 1. The van der Waals surface area contributed by atoms with Crippen LogP contribution in [-0.2, 0) is 6.61 Å². The minimum atomic E-state index is -0.310. The van der Waals surface area contributed by atoms with Gasteiger partial charge in [-0.25, -0.2) is 14.4 Å². The fourth-order valence-electron chi connectivity index (χ4n) is 1.71. The van der Waals surface area contributed by atoms with E-state index >= 15 is 0 Å². The van der Waals surface area contributed by atoms with E-state index in [0.29, 0.717) is 17.1 Å². The first-order valence-electron chi connectivity index (χ1n) is 5.31. The third-order valence-electron chi connectivity index (χ3n) is 2.37.